The fourth-order valence-electron chi connectivity index (χ4n) is 1.60. The fourth-order valence-corrected chi connectivity index (χ4v) is 1.60. The first kappa shape index (κ1) is 11.2. The average molecular weight is 233 g/mol. The van der Waals surface area contributed by atoms with Gasteiger partial charge in [0.25, 0.3) is 0 Å². The summed E-state index contributed by atoms with van der Waals surface area (Å²) < 4.78 is 9.79. The Labute approximate surface area is 97.6 Å². The first-order chi connectivity index (χ1) is 8.15. The largest absolute Gasteiger partial charge is 0.506 e. The third-order valence-corrected chi connectivity index (χ3v) is 2.37. The summed E-state index contributed by atoms with van der Waals surface area (Å²) in [4.78, 5) is 15.5. The molecule has 1 N–H and O–H groups in total. The van der Waals surface area contributed by atoms with Crippen molar-refractivity contribution in [2.24, 2.45) is 0 Å². The van der Waals surface area contributed by atoms with Gasteiger partial charge in [0, 0.05) is 5.39 Å². The maximum Gasteiger partial charge on any atom is 0.338 e. The van der Waals surface area contributed by atoms with Crippen molar-refractivity contribution in [1.82, 2.24) is 4.98 Å². The second kappa shape index (κ2) is 4.29. The molecule has 0 amide bonds. The minimum absolute atomic E-state index is 0.0292. The molecule has 0 aliphatic rings. The van der Waals surface area contributed by atoms with Crippen molar-refractivity contribution >= 4 is 16.9 Å². The van der Waals surface area contributed by atoms with Crippen LogP contribution in [0, 0.1) is 0 Å². The van der Waals surface area contributed by atoms with Crippen LogP contribution < -0.4 is 4.74 Å². The van der Waals surface area contributed by atoms with Gasteiger partial charge in [-0.15, -0.1) is 0 Å². The van der Waals surface area contributed by atoms with Crippen molar-refractivity contribution in [1.29, 1.82) is 0 Å². The van der Waals surface area contributed by atoms with E-state index < -0.39 is 5.97 Å². The number of nitrogens with zero attached hydrogens (tertiary/aromatic N) is 1. The van der Waals surface area contributed by atoms with E-state index in [4.69, 9.17) is 4.74 Å². The van der Waals surface area contributed by atoms with Gasteiger partial charge in [0.15, 0.2) is 0 Å². The van der Waals surface area contributed by atoms with Crippen LogP contribution in [-0.4, -0.2) is 30.3 Å². The molecule has 88 valence electrons. The summed E-state index contributed by atoms with van der Waals surface area (Å²) in [5.41, 5.74) is 0.933. The lowest BCUT2D eigenvalue weighted by atomic mass is 10.1. The predicted octanol–water partition coefficient (Wildman–Crippen LogP) is 1.74. The Bertz CT molecular complexity index is 580. The molecule has 1 heterocycles. The molecule has 0 bridgehead atoms. The van der Waals surface area contributed by atoms with Crippen LogP contribution >= 0.6 is 0 Å². The highest BCUT2D eigenvalue weighted by molar-refractivity contribution is 5.97. The first-order valence-electron chi connectivity index (χ1n) is 4.91. The number of benzene rings is 1. The topological polar surface area (TPSA) is 68.7 Å². The number of esters is 1. The van der Waals surface area contributed by atoms with Gasteiger partial charge in [-0.05, 0) is 18.2 Å². The minimum Gasteiger partial charge on any atom is -0.506 e. The molecule has 0 fully saturated rings. The summed E-state index contributed by atoms with van der Waals surface area (Å²) in [5, 5.41) is 9.98. The molecule has 0 aliphatic heterocycles. The molecule has 0 radical (unpaired) electrons. The standard InChI is InChI=1S/C12H11NO4/c1-16-10-5-8(12(15)17-2)3-7-4-9(14)6-13-11(7)10/h3-6,14H,1-2H3. The molecule has 5 nitrogen and oxygen atoms in total. The van der Waals surface area contributed by atoms with Crippen LogP contribution in [0.3, 0.4) is 0 Å². The lowest BCUT2D eigenvalue weighted by molar-refractivity contribution is 0.0600. The number of ether oxygens (including phenoxy) is 2. The molecule has 0 aliphatic carbocycles. The van der Waals surface area contributed by atoms with Crippen LogP contribution in [0.25, 0.3) is 10.9 Å². The monoisotopic (exact) mass is 233 g/mol. The number of fused-ring (bicyclic) bond motifs is 1. The van der Waals surface area contributed by atoms with Crippen LogP contribution in [-0.2, 0) is 4.74 Å². The number of hydrogen-bond donors (Lipinski definition) is 1. The van der Waals surface area contributed by atoms with Crippen LogP contribution in [0.4, 0.5) is 0 Å². The number of aromatic nitrogens is 1. The Morgan fingerprint density at radius 1 is 1.29 bits per heavy atom. The van der Waals surface area contributed by atoms with Gasteiger partial charge in [-0.1, -0.05) is 0 Å². The Kier molecular flexibility index (Phi) is 2.82. The molecule has 5 heteroatoms. The molecule has 17 heavy (non-hydrogen) atoms. The average Bonchev–Trinajstić information content (AvgIpc) is 2.35. The van der Waals surface area contributed by atoms with E-state index in [1.807, 2.05) is 0 Å². The third kappa shape index (κ3) is 1.99. The fraction of sp³-hybridized carbons (Fsp3) is 0.167. The number of pyridine rings is 1. The number of carbonyl (C=O) groups excluding carboxylic acids is 1. The molecule has 0 unspecified atom stereocenters. The molecule has 1 aromatic carbocycles. The van der Waals surface area contributed by atoms with Crippen LogP contribution in [0.1, 0.15) is 10.4 Å². The highest BCUT2D eigenvalue weighted by atomic mass is 16.5. The molecule has 0 spiro atoms. The van der Waals surface area contributed by atoms with Crippen molar-refractivity contribution in [2.45, 2.75) is 0 Å². The van der Waals surface area contributed by atoms with Gasteiger partial charge in [0.05, 0.1) is 26.0 Å². The van der Waals surface area contributed by atoms with E-state index in [2.05, 4.69) is 9.72 Å². The van der Waals surface area contributed by atoms with Crippen LogP contribution in [0.15, 0.2) is 24.4 Å². The predicted molar refractivity (Wildman–Crippen MR) is 61.3 cm³/mol. The molecule has 0 atom stereocenters. The SMILES string of the molecule is COC(=O)c1cc(OC)c2ncc(O)cc2c1. The van der Waals surface area contributed by atoms with E-state index in [0.717, 1.165) is 0 Å². The summed E-state index contributed by atoms with van der Waals surface area (Å²) in [7, 11) is 2.80. The maximum absolute atomic E-state index is 11.4. The second-order valence-corrected chi connectivity index (χ2v) is 3.44. The second-order valence-electron chi connectivity index (χ2n) is 3.44. The Balaban J connectivity index is 2.71. The van der Waals surface area contributed by atoms with Gasteiger partial charge in [0.1, 0.15) is 17.0 Å². The highest BCUT2D eigenvalue weighted by Crippen LogP contribution is 2.28. The number of carbonyl (C=O) groups is 1. The molecular formula is C12H11NO4. The van der Waals surface area contributed by atoms with Gasteiger partial charge in [0.2, 0.25) is 0 Å². The zero-order valence-electron chi connectivity index (χ0n) is 9.43. The van der Waals surface area contributed by atoms with Crippen molar-refractivity contribution in [2.75, 3.05) is 14.2 Å². The van der Waals surface area contributed by atoms with E-state index in [1.165, 1.54) is 26.5 Å². The highest BCUT2D eigenvalue weighted by Gasteiger charge is 2.12. The summed E-state index contributed by atoms with van der Waals surface area (Å²) in [6.07, 6.45) is 1.32. The number of aromatic hydroxyl groups is 1. The van der Waals surface area contributed by atoms with Gasteiger partial charge < -0.3 is 14.6 Å². The molecule has 2 rings (SSSR count). The van der Waals surface area contributed by atoms with E-state index >= 15 is 0 Å². The van der Waals surface area contributed by atoms with Gasteiger partial charge >= 0.3 is 5.97 Å². The van der Waals surface area contributed by atoms with Crippen molar-refractivity contribution in [3.63, 3.8) is 0 Å². The normalized spacial score (nSPS) is 10.2. The van der Waals surface area contributed by atoms with Gasteiger partial charge in [-0.3, -0.25) is 0 Å². The Hall–Kier alpha value is -2.30. The van der Waals surface area contributed by atoms with Crippen molar-refractivity contribution in [3.8, 4) is 11.5 Å². The summed E-state index contributed by atoms with van der Waals surface area (Å²) in [6.45, 7) is 0. The summed E-state index contributed by atoms with van der Waals surface area (Å²) in [5.74, 6) is 0.0259. The van der Waals surface area contributed by atoms with E-state index in [-0.39, 0.29) is 5.75 Å². The van der Waals surface area contributed by atoms with Crippen LogP contribution in [0.5, 0.6) is 11.5 Å². The van der Waals surface area contributed by atoms with Gasteiger partial charge in [-0.2, -0.15) is 0 Å². The lowest BCUT2D eigenvalue weighted by Crippen LogP contribution is -2.02. The third-order valence-electron chi connectivity index (χ3n) is 2.37. The molecule has 0 saturated carbocycles. The summed E-state index contributed by atoms with van der Waals surface area (Å²) in [6, 6.07) is 4.66. The van der Waals surface area contributed by atoms with Crippen molar-refractivity contribution < 1.29 is 19.4 Å². The first-order valence-corrected chi connectivity index (χ1v) is 4.91. The van der Waals surface area contributed by atoms with E-state index in [9.17, 15) is 9.90 Å². The van der Waals surface area contributed by atoms with Gasteiger partial charge in [-0.25, -0.2) is 9.78 Å². The zero-order chi connectivity index (χ0) is 12.4. The number of rotatable bonds is 2. The lowest BCUT2D eigenvalue weighted by Gasteiger charge is -2.07. The Morgan fingerprint density at radius 3 is 2.71 bits per heavy atom. The Morgan fingerprint density at radius 2 is 2.06 bits per heavy atom. The molecular weight excluding hydrogens is 222 g/mol. The number of methoxy groups -OCH3 is 2. The molecule has 1 aromatic heterocycles. The maximum atomic E-state index is 11.4. The zero-order valence-corrected chi connectivity index (χ0v) is 9.43. The number of hydrogen-bond acceptors (Lipinski definition) is 5. The van der Waals surface area contributed by atoms with E-state index in [1.54, 1.807) is 12.1 Å². The smallest absolute Gasteiger partial charge is 0.338 e. The van der Waals surface area contributed by atoms with Crippen molar-refractivity contribution in [3.05, 3.63) is 30.0 Å². The molecule has 0 saturated heterocycles. The molecule has 2 aromatic rings. The minimum atomic E-state index is -0.464. The van der Waals surface area contributed by atoms with E-state index in [0.29, 0.717) is 22.2 Å². The summed E-state index contributed by atoms with van der Waals surface area (Å²) >= 11 is 0. The quantitative estimate of drug-likeness (QED) is 0.800. The van der Waals surface area contributed by atoms with Crippen LogP contribution in [0.2, 0.25) is 0 Å².